The van der Waals surface area contributed by atoms with Gasteiger partial charge in [0.1, 0.15) is 11.4 Å². The maximum absolute atomic E-state index is 13.4. The fraction of sp³-hybridized carbons (Fsp3) is 0.214. The Morgan fingerprint density at radius 3 is 2.81 bits per heavy atom. The number of carbonyl (C=O) groups excluding carboxylic acids is 1. The van der Waals surface area contributed by atoms with E-state index >= 15 is 0 Å². The molecular formula is C14H11BrClFN2O2. The molecule has 1 aromatic heterocycles. The summed E-state index contributed by atoms with van der Waals surface area (Å²) in [5.41, 5.74) is 1.05. The minimum absolute atomic E-state index is 0.0279. The Bertz CT molecular complexity index is 662. The van der Waals surface area contributed by atoms with Gasteiger partial charge in [-0.25, -0.2) is 19.2 Å². The van der Waals surface area contributed by atoms with Crippen molar-refractivity contribution in [3.63, 3.8) is 0 Å². The molecule has 0 atom stereocenters. The van der Waals surface area contributed by atoms with E-state index in [0.29, 0.717) is 21.6 Å². The van der Waals surface area contributed by atoms with Crippen molar-refractivity contribution in [2.75, 3.05) is 6.61 Å². The van der Waals surface area contributed by atoms with Crippen molar-refractivity contribution >= 4 is 33.5 Å². The molecule has 0 fully saturated rings. The van der Waals surface area contributed by atoms with E-state index in [0.717, 1.165) is 0 Å². The largest absolute Gasteiger partial charge is 0.462 e. The van der Waals surface area contributed by atoms with E-state index in [1.807, 2.05) is 0 Å². The molecule has 0 aliphatic heterocycles. The van der Waals surface area contributed by atoms with Crippen molar-refractivity contribution in [2.24, 2.45) is 0 Å². The summed E-state index contributed by atoms with van der Waals surface area (Å²) in [6.07, 6.45) is 1.34. The second-order valence-electron chi connectivity index (χ2n) is 4.07. The Balaban J connectivity index is 2.45. The van der Waals surface area contributed by atoms with Crippen molar-refractivity contribution in [1.29, 1.82) is 0 Å². The second kappa shape index (κ2) is 6.95. The van der Waals surface area contributed by atoms with Crippen LogP contribution in [0.15, 0.2) is 28.9 Å². The number of hydrogen-bond acceptors (Lipinski definition) is 4. The molecule has 0 amide bonds. The molecule has 110 valence electrons. The quantitative estimate of drug-likeness (QED) is 0.601. The normalized spacial score (nSPS) is 10.5. The summed E-state index contributed by atoms with van der Waals surface area (Å²) in [7, 11) is 0. The maximum Gasteiger partial charge on any atom is 0.341 e. The third-order valence-electron chi connectivity index (χ3n) is 2.61. The fourth-order valence-electron chi connectivity index (χ4n) is 1.72. The van der Waals surface area contributed by atoms with Gasteiger partial charge in [0.15, 0.2) is 5.82 Å². The molecule has 0 aliphatic carbocycles. The van der Waals surface area contributed by atoms with Gasteiger partial charge in [-0.15, -0.1) is 11.6 Å². The van der Waals surface area contributed by atoms with Gasteiger partial charge in [0, 0.05) is 16.2 Å². The Morgan fingerprint density at radius 2 is 2.19 bits per heavy atom. The Kier molecular flexibility index (Phi) is 5.25. The SMILES string of the molecule is CCOC(=O)c1cnc(-c2cc(F)cc(Br)c2)nc1CCl. The number of rotatable bonds is 4. The third-order valence-corrected chi connectivity index (χ3v) is 3.32. The van der Waals surface area contributed by atoms with E-state index in [2.05, 4.69) is 25.9 Å². The van der Waals surface area contributed by atoms with Gasteiger partial charge in [0.05, 0.1) is 18.2 Å². The Morgan fingerprint density at radius 1 is 1.43 bits per heavy atom. The third kappa shape index (κ3) is 3.77. The summed E-state index contributed by atoms with van der Waals surface area (Å²) in [5.74, 6) is -0.621. The standard InChI is InChI=1S/C14H11BrClFN2O2/c1-2-21-14(20)11-7-18-13(19-12(11)6-16)8-3-9(15)5-10(17)4-8/h3-5,7H,2,6H2,1H3. The molecule has 0 spiro atoms. The molecule has 7 heteroatoms. The number of nitrogens with zero attached hydrogens (tertiary/aromatic N) is 2. The number of alkyl halides is 1. The van der Waals surface area contributed by atoms with Crippen molar-refractivity contribution < 1.29 is 13.9 Å². The minimum atomic E-state index is -0.528. The summed E-state index contributed by atoms with van der Waals surface area (Å²) >= 11 is 9.03. The van der Waals surface area contributed by atoms with Gasteiger partial charge in [-0.3, -0.25) is 0 Å². The van der Waals surface area contributed by atoms with E-state index in [4.69, 9.17) is 16.3 Å². The van der Waals surface area contributed by atoms with E-state index in [1.54, 1.807) is 13.0 Å². The molecule has 2 rings (SSSR count). The lowest BCUT2D eigenvalue weighted by Gasteiger charge is -2.08. The van der Waals surface area contributed by atoms with Gasteiger partial charge >= 0.3 is 5.97 Å². The summed E-state index contributed by atoms with van der Waals surface area (Å²) < 4.78 is 18.9. The van der Waals surface area contributed by atoms with Crippen LogP contribution in [0.3, 0.4) is 0 Å². The highest BCUT2D eigenvalue weighted by Gasteiger charge is 2.16. The van der Waals surface area contributed by atoms with Gasteiger partial charge in [0.2, 0.25) is 0 Å². The van der Waals surface area contributed by atoms with Crippen LogP contribution in [0, 0.1) is 5.82 Å². The molecule has 4 nitrogen and oxygen atoms in total. The average Bonchev–Trinajstić information content (AvgIpc) is 2.45. The van der Waals surface area contributed by atoms with E-state index < -0.39 is 11.8 Å². The first-order valence-corrected chi connectivity index (χ1v) is 7.43. The highest BCUT2D eigenvalue weighted by Crippen LogP contribution is 2.23. The molecular weight excluding hydrogens is 363 g/mol. The number of hydrogen-bond donors (Lipinski definition) is 0. The van der Waals surface area contributed by atoms with Crippen LogP contribution in [0.2, 0.25) is 0 Å². The van der Waals surface area contributed by atoms with E-state index in [1.165, 1.54) is 18.3 Å². The van der Waals surface area contributed by atoms with Gasteiger partial charge in [-0.2, -0.15) is 0 Å². The second-order valence-corrected chi connectivity index (χ2v) is 5.25. The lowest BCUT2D eigenvalue weighted by Crippen LogP contribution is -2.10. The van der Waals surface area contributed by atoms with E-state index in [-0.39, 0.29) is 18.1 Å². The molecule has 0 bridgehead atoms. The molecule has 0 aliphatic rings. The van der Waals surface area contributed by atoms with Gasteiger partial charge in [0.25, 0.3) is 0 Å². The minimum Gasteiger partial charge on any atom is -0.462 e. The van der Waals surface area contributed by atoms with Gasteiger partial charge < -0.3 is 4.74 Å². The summed E-state index contributed by atoms with van der Waals surface area (Å²) in [4.78, 5) is 20.1. The van der Waals surface area contributed by atoms with Crippen LogP contribution in [0.5, 0.6) is 0 Å². The topological polar surface area (TPSA) is 52.1 Å². The van der Waals surface area contributed by atoms with Crippen molar-refractivity contribution in [3.8, 4) is 11.4 Å². The molecule has 0 unspecified atom stereocenters. The summed E-state index contributed by atoms with van der Waals surface area (Å²) in [5, 5.41) is 0. The average molecular weight is 374 g/mol. The monoisotopic (exact) mass is 372 g/mol. The predicted octanol–water partition coefficient (Wildman–Crippen LogP) is 3.96. The molecule has 1 aromatic carbocycles. The Labute approximate surface area is 134 Å². The first-order valence-electron chi connectivity index (χ1n) is 6.10. The van der Waals surface area contributed by atoms with Crippen molar-refractivity contribution in [2.45, 2.75) is 12.8 Å². The first kappa shape index (κ1) is 15.9. The van der Waals surface area contributed by atoms with Crippen LogP contribution < -0.4 is 0 Å². The summed E-state index contributed by atoms with van der Waals surface area (Å²) in [6, 6.07) is 4.32. The van der Waals surface area contributed by atoms with E-state index in [9.17, 15) is 9.18 Å². The summed E-state index contributed by atoms with van der Waals surface area (Å²) in [6.45, 7) is 1.96. The fourth-order valence-corrected chi connectivity index (χ4v) is 2.39. The highest BCUT2D eigenvalue weighted by atomic mass is 79.9. The molecule has 21 heavy (non-hydrogen) atoms. The van der Waals surface area contributed by atoms with Crippen molar-refractivity contribution in [3.05, 3.63) is 45.9 Å². The Hall–Kier alpha value is -1.53. The van der Waals surface area contributed by atoms with Gasteiger partial charge in [-0.05, 0) is 25.1 Å². The van der Waals surface area contributed by atoms with Crippen molar-refractivity contribution in [1.82, 2.24) is 9.97 Å². The molecule has 0 saturated carbocycles. The number of ether oxygens (including phenoxy) is 1. The van der Waals surface area contributed by atoms with Crippen LogP contribution in [0.1, 0.15) is 23.0 Å². The zero-order valence-corrected chi connectivity index (χ0v) is 13.4. The molecule has 2 aromatic rings. The highest BCUT2D eigenvalue weighted by molar-refractivity contribution is 9.10. The van der Waals surface area contributed by atoms with Crippen LogP contribution >= 0.6 is 27.5 Å². The molecule has 0 radical (unpaired) electrons. The van der Waals surface area contributed by atoms with Crippen LogP contribution in [-0.4, -0.2) is 22.5 Å². The number of esters is 1. The van der Waals surface area contributed by atoms with Crippen LogP contribution in [0.25, 0.3) is 11.4 Å². The maximum atomic E-state index is 13.4. The lowest BCUT2D eigenvalue weighted by atomic mass is 10.2. The predicted molar refractivity (Wildman–Crippen MR) is 80.6 cm³/mol. The van der Waals surface area contributed by atoms with Crippen LogP contribution in [0.4, 0.5) is 4.39 Å². The zero-order valence-electron chi connectivity index (χ0n) is 11.1. The zero-order chi connectivity index (χ0) is 15.4. The smallest absolute Gasteiger partial charge is 0.341 e. The van der Waals surface area contributed by atoms with Gasteiger partial charge in [-0.1, -0.05) is 15.9 Å². The first-order chi connectivity index (χ1) is 10.0. The molecule has 0 saturated heterocycles. The number of benzene rings is 1. The number of carbonyl (C=O) groups is 1. The number of halogens is 3. The lowest BCUT2D eigenvalue weighted by molar-refractivity contribution is 0.0524. The molecule has 0 N–H and O–H groups in total. The number of aromatic nitrogens is 2. The van der Waals surface area contributed by atoms with Crippen LogP contribution in [-0.2, 0) is 10.6 Å². The molecule has 1 heterocycles.